The SMILES string of the molecule is CCN(CCN(C)C)C(=O)c1cnn(-c2nccc(-c3ccccc3F)n2)c1C1CC1. The van der Waals surface area contributed by atoms with E-state index in [1.165, 1.54) is 6.07 Å². The molecule has 0 aliphatic heterocycles. The molecule has 0 bridgehead atoms. The van der Waals surface area contributed by atoms with Gasteiger partial charge in [-0.25, -0.2) is 19.0 Å². The first-order valence-corrected chi connectivity index (χ1v) is 10.6. The molecular formula is C23H27FN6O. The molecule has 8 heteroatoms. The Labute approximate surface area is 181 Å². The van der Waals surface area contributed by atoms with Gasteiger partial charge < -0.3 is 9.80 Å². The van der Waals surface area contributed by atoms with Crippen molar-refractivity contribution >= 4 is 5.91 Å². The molecule has 31 heavy (non-hydrogen) atoms. The van der Waals surface area contributed by atoms with Crippen LogP contribution in [0.4, 0.5) is 4.39 Å². The predicted octanol–water partition coefficient (Wildman–Crippen LogP) is 3.37. The van der Waals surface area contributed by atoms with Gasteiger partial charge in [-0.05, 0) is 52.1 Å². The van der Waals surface area contributed by atoms with Crippen LogP contribution >= 0.6 is 0 Å². The van der Waals surface area contributed by atoms with Crippen LogP contribution in [0.15, 0.2) is 42.7 Å². The van der Waals surface area contributed by atoms with E-state index in [-0.39, 0.29) is 17.6 Å². The molecule has 1 aliphatic rings. The highest BCUT2D eigenvalue weighted by Gasteiger charge is 2.34. The molecule has 0 N–H and O–H groups in total. The van der Waals surface area contributed by atoms with Crippen LogP contribution in [-0.2, 0) is 0 Å². The Hall–Kier alpha value is -3.13. The van der Waals surface area contributed by atoms with E-state index in [1.54, 1.807) is 41.3 Å². The highest BCUT2D eigenvalue weighted by Crippen LogP contribution is 2.42. The molecular weight excluding hydrogens is 395 g/mol. The first kappa shape index (κ1) is 21.1. The van der Waals surface area contributed by atoms with Crippen LogP contribution in [-0.4, -0.2) is 69.2 Å². The summed E-state index contributed by atoms with van der Waals surface area (Å²) in [5.74, 6) is 0.237. The van der Waals surface area contributed by atoms with E-state index in [4.69, 9.17) is 0 Å². The number of likely N-dealkylation sites (N-methyl/N-ethyl adjacent to an activating group) is 2. The van der Waals surface area contributed by atoms with E-state index in [9.17, 15) is 9.18 Å². The summed E-state index contributed by atoms with van der Waals surface area (Å²) >= 11 is 0. The Kier molecular flexibility index (Phi) is 6.08. The zero-order chi connectivity index (χ0) is 22.0. The predicted molar refractivity (Wildman–Crippen MR) is 117 cm³/mol. The van der Waals surface area contributed by atoms with Crippen molar-refractivity contribution in [2.24, 2.45) is 0 Å². The Morgan fingerprint density at radius 1 is 1.19 bits per heavy atom. The minimum absolute atomic E-state index is 0.0252. The molecule has 7 nitrogen and oxygen atoms in total. The van der Waals surface area contributed by atoms with Gasteiger partial charge >= 0.3 is 0 Å². The normalized spacial score (nSPS) is 13.6. The van der Waals surface area contributed by atoms with Crippen molar-refractivity contribution in [1.29, 1.82) is 0 Å². The van der Waals surface area contributed by atoms with Gasteiger partial charge in [-0.1, -0.05) is 12.1 Å². The Morgan fingerprint density at radius 2 is 1.97 bits per heavy atom. The number of hydrogen-bond donors (Lipinski definition) is 0. The summed E-state index contributed by atoms with van der Waals surface area (Å²) in [7, 11) is 3.98. The maximum absolute atomic E-state index is 14.3. The van der Waals surface area contributed by atoms with Crippen molar-refractivity contribution in [1.82, 2.24) is 29.5 Å². The summed E-state index contributed by atoms with van der Waals surface area (Å²) in [5.41, 5.74) is 2.33. The molecule has 2 aromatic heterocycles. The van der Waals surface area contributed by atoms with Crippen molar-refractivity contribution in [3.05, 3.63) is 59.8 Å². The number of hydrogen-bond acceptors (Lipinski definition) is 5. The van der Waals surface area contributed by atoms with Crippen LogP contribution < -0.4 is 0 Å². The molecule has 1 amide bonds. The van der Waals surface area contributed by atoms with Gasteiger partial charge in [-0.3, -0.25) is 4.79 Å². The molecule has 0 spiro atoms. The molecule has 0 atom stereocenters. The molecule has 0 saturated heterocycles. The highest BCUT2D eigenvalue weighted by atomic mass is 19.1. The maximum Gasteiger partial charge on any atom is 0.257 e. The topological polar surface area (TPSA) is 67.2 Å². The lowest BCUT2D eigenvalue weighted by Gasteiger charge is -2.23. The Balaban J connectivity index is 1.70. The van der Waals surface area contributed by atoms with Gasteiger partial charge in [0.05, 0.1) is 23.1 Å². The lowest BCUT2D eigenvalue weighted by molar-refractivity contribution is 0.0753. The van der Waals surface area contributed by atoms with Crippen molar-refractivity contribution in [3.63, 3.8) is 0 Å². The van der Waals surface area contributed by atoms with Gasteiger partial charge in [0.15, 0.2) is 0 Å². The molecule has 2 heterocycles. The third kappa shape index (κ3) is 4.49. The standard InChI is InChI=1S/C23H27FN6O/c1-4-29(14-13-28(2)3)22(31)18-15-26-30(21(18)16-9-10-16)23-25-12-11-20(27-23)17-7-5-6-8-19(17)24/h5-8,11-12,15-16H,4,9-10,13-14H2,1-3H3. The van der Waals surface area contributed by atoms with Gasteiger partial charge in [-0.2, -0.15) is 5.10 Å². The fraction of sp³-hybridized carbons (Fsp3) is 0.391. The van der Waals surface area contributed by atoms with Crippen LogP contribution in [0.25, 0.3) is 17.2 Å². The van der Waals surface area contributed by atoms with Crippen molar-refractivity contribution in [2.75, 3.05) is 33.7 Å². The summed E-state index contributed by atoms with van der Waals surface area (Å²) in [4.78, 5) is 26.1. The number of amides is 1. The minimum atomic E-state index is -0.342. The molecule has 0 unspecified atom stereocenters. The van der Waals surface area contributed by atoms with Gasteiger partial charge in [0.25, 0.3) is 11.9 Å². The summed E-state index contributed by atoms with van der Waals surface area (Å²) < 4.78 is 15.9. The first-order chi connectivity index (χ1) is 15.0. The second kappa shape index (κ2) is 8.93. The molecule has 3 aromatic rings. The first-order valence-electron chi connectivity index (χ1n) is 10.6. The zero-order valence-corrected chi connectivity index (χ0v) is 18.1. The summed E-state index contributed by atoms with van der Waals surface area (Å²) in [6, 6.07) is 8.19. The van der Waals surface area contributed by atoms with Crippen molar-refractivity contribution < 1.29 is 9.18 Å². The number of carbonyl (C=O) groups excluding carboxylic acids is 1. The third-order valence-electron chi connectivity index (χ3n) is 5.47. The largest absolute Gasteiger partial charge is 0.338 e. The van der Waals surface area contributed by atoms with Crippen LogP contribution in [0, 0.1) is 5.82 Å². The number of aromatic nitrogens is 4. The minimum Gasteiger partial charge on any atom is -0.338 e. The Bertz CT molecular complexity index is 1080. The van der Waals surface area contributed by atoms with Crippen molar-refractivity contribution in [3.8, 4) is 17.2 Å². The molecule has 1 aliphatic carbocycles. The van der Waals surface area contributed by atoms with Crippen LogP contribution in [0.3, 0.4) is 0 Å². The molecule has 0 radical (unpaired) electrons. The number of nitrogens with zero attached hydrogens (tertiary/aromatic N) is 6. The monoisotopic (exact) mass is 422 g/mol. The van der Waals surface area contributed by atoms with E-state index >= 15 is 0 Å². The fourth-order valence-electron chi connectivity index (χ4n) is 3.60. The van der Waals surface area contributed by atoms with Crippen LogP contribution in [0.2, 0.25) is 0 Å². The molecule has 1 fully saturated rings. The number of rotatable bonds is 8. The van der Waals surface area contributed by atoms with Gasteiger partial charge in [0.2, 0.25) is 0 Å². The van der Waals surface area contributed by atoms with Gasteiger partial charge in [0, 0.05) is 37.3 Å². The van der Waals surface area contributed by atoms with Gasteiger partial charge in [-0.15, -0.1) is 0 Å². The smallest absolute Gasteiger partial charge is 0.257 e. The second-order valence-corrected chi connectivity index (χ2v) is 8.04. The number of carbonyl (C=O) groups is 1. The number of halogens is 1. The quantitative estimate of drug-likeness (QED) is 0.557. The van der Waals surface area contributed by atoms with E-state index in [1.807, 2.05) is 25.9 Å². The average Bonchev–Trinajstić information content (AvgIpc) is 3.51. The van der Waals surface area contributed by atoms with E-state index in [0.717, 1.165) is 25.1 Å². The van der Waals surface area contributed by atoms with Crippen LogP contribution in [0.5, 0.6) is 0 Å². The lowest BCUT2D eigenvalue weighted by Crippen LogP contribution is -2.36. The molecule has 4 rings (SSSR count). The average molecular weight is 423 g/mol. The Morgan fingerprint density at radius 3 is 2.65 bits per heavy atom. The van der Waals surface area contributed by atoms with Gasteiger partial charge in [0.1, 0.15) is 5.82 Å². The summed E-state index contributed by atoms with van der Waals surface area (Å²) in [6.45, 7) is 4.05. The number of benzene rings is 1. The van der Waals surface area contributed by atoms with Crippen LogP contribution in [0.1, 0.15) is 41.7 Å². The zero-order valence-electron chi connectivity index (χ0n) is 18.1. The van der Waals surface area contributed by atoms with E-state index < -0.39 is 0 Å². The second-order valence-electron chi connectivity index (χ2n) is 8.04. The third-order valence-corrected chi connectivity index (χ3v) is 5.47. The fourth-order valence-corrected chi connectivity index (χ4v) is 3.60. The van der Waals surface area contributed by atoms with Crippen molar-refractivity contribution in [2.45, 2.75) is 25.7 Å². The summed E-state index contributed by atoms with van der Waals surface area (Å²) in [6.07, 6.45) is 5.22. The van der Waals surface area contributed by atoms with E-state index in [0.29, 0.717) is 35.9 Å². The van der Waals surface area contributed by atoms with E-state index in [2.05, 4.69) is 20.0 Å². The maximum atomic E-state index is 14.3. The molecule has 162 valence electrons. The molecule has 1 saturated carbocycles. The lowest BCUT2D eigenvalue weighted by atomic mass is 10.1. The summed E-state index contributed by atoms with van der Waals surface area (Å²) in [5, 5.41) is 4.48. The highest BCUT2D eigenvalue weighted by molar-refractivity contribution is 5.95. The molecule has 1 aromatic carbocycles.